The summed E-state index contributed by atoms with van der Waals surface area (Å²) in [6, 6.07) is 5.55. The third-order valence-electron chi connectivity index (χ3n) is 2.94. The number of ether oxygens (including phenoxy) is 1. The number of aliphatic hydroxyl groups excluding tert-OH is 1. The molecule has 0 radical (unpaired) electrons. The number of nitrogens with one attached hydrogen (secondary N) is 1. The van der Waals surface area contributed by atoms with E-state index >= 15 is 0 Å². The largest absolute Gasteiger partial charge is 0.488 e. The van der Waals surface area contributed by atoms with Crippen molar-refractivity contribution in [2.24, 2.45) is 0 Å². The van der Waals surface area contributed by atoms with Crippen LogP contribution in [0.4, 0.5) is 0 Å². The van der Waals surface area contributed by atoms with E-state index in [0.717, 1.165) is 17.9 Å². The van der Waals surface area contributed by atoms with Gasteiger partial charge < -0.3 is 15.2 Å². The predicted octanol–water partition coefficient (Wildman–Crippen LogP) is 3.85. The van der Waals surface area contributed by atoms with Crippen LogP contribution >= 0.6 is 35.0 Å². The summed E-state index contributed by atoms with van der Waals surface area (Å²) >= 11 is 13.9. The van der Waals surface area contributed by atoms with Crippen LogP contribution in [0.15, 0.2) is 18.2 Å². The van der Waals surface area contributed by atoms with Crippen LogP contribution in [0, 0.1) is 0 Å². The van der Waals surface area contributed by atoms with Gasteiger partial charge in [-0.1, -0.05) is 36.2 Å². The monoisotopic (exact) mass is 351 g/mol. The molecule has 3 nitrogen and oxygen atoms in total. The van der Waals surface area contributed by atoms with Crippen LogP contribution in [-0.2, 0) is 0 Å². The lowest BCUT2D eigenvalue weighted by atomic mass is 10.2. The van der Waals surface area contributed by atoms with Gasteiger partial charge in [-0.05, 0) is 37.0 Å². The Labute approximate surface area is 141 Å². The molecule has 0 bridgehead atoms. The van der Waals surface area contributed by atoms with Crippen LogP contribution in [0.3, 0.4) is 0 Å². The van der Waals surface area contributed by atoms with Gasteiger partial charge in [-0.2, -0.15) is 11.8 Å². The van der Waals surface area contributed by atoms with Gasteiger partial charge in [0.15, 0.2) is 5.75 Å². The zero-order chi connectivity index (χ0) is 15.7. The van der Waals surface area contributed by atoms with Crippen molar-refractivity contribution in [1.82, 2.24) is 5.32 Å². The Hall–Kier alpha value is -0.130. The van der Waals surface area contributed by atoms with Gasteiger partial charge in [0.1, 0.15) is 12.7 Å². The molecule has 1 aromatic rings. The summed E-state index contributed by atoms with van der Waals surface area (Å²) < 4.78 is 5.50. The molecule has 0 saturated carbocycles. The Morgan fingerprint density at radius 2 is 2.00 bits per heavy atom. The molecule has 120 valence electrons. The number of hydrogen-bond acceptors (Lipinski definition) is 4. The van der Waals surface area contributed by atoms with Crippen LogP contribution in [-0.4, -0.2) is 41.9 Å². The third-order valence-corrected chi connectivity index (χ3v) is 4.47. The summed E-state index contributed by atoms with van der Waals surface area (Å²) in [6.07, 6.45) is 0.487. The second-order valence-corrected chi connectivity index (χ2v) is 7.02. The molecular formula is C15H23Cl2NO2S. The average Bonchev–Trinajstić information content (AvgIpc) is 2.45. The van der Waals surface area contributed by atoms with Crippen molar-refractivity contribution < 1.29 is 9.84 Å². The van der Waals surface area contributed by atoms with Crippen molar-refractivity contribution >= 4 is 35.0 Å². The van der Waals surface area contributed by atoms with Crippen molar-refractivity contribution in [3.05, 3.63) is 28.2 Å². The minimum atomic E-state index is -0.599. The molecule has 0 aliphatic heterocycles. The molecule has 2 N–H and O–H groups in total. The summed E-state index contributed by atoms with van der Waals surface area (Å²) in [4.78, 5) is 0. The molecule has 0 aromatic heterocycles. The highest BCUT2D eigenvalue weighted by Crippen LogP contribution is 2.32. The van der Waals surface area contributed by atoms with Crippen molar-refractivity contribution in [2.45, 2.75) is 32.4 Å². The van der Waals surface area contributed by atoms with Gasteiger partial charge in [0, 0.05) is 12.6 Å². The van der Waals surface area contributed by atoms with Crippen molar-refractivity contribution in [1.29, 1.82) is 0 Å². The van der Waals surface area contributed by atoms with Crippen LogP contribution in [0.5, 0.6) is 5.75 Å². The molecule has 0 fully saturated rings. The molecule has 6 heteroatoms. The van der Waals surface area contributed by atoms with Gasteiger partial charge in [0.05, 0.1) is 10.0 Å². The van der Waals surface area contributed by atoms with E-state index in [4.69, 9.17) is 27.9 Å². The van der Waals surface area contributed by atoms with Gasteiger partial charge in [-0.25, -0.2) is 0 Å². The molecule has 1 aromatic carbocycles. The first-order valence-corrected chi connectivity index (χ1v) is 9.01. The summed E-state index contributed by atoms with van der Waals surface area (Å²) in [5, 5.41) is 14.1. The molecule has 0 spiro atoms. The normalized spacial score (nSPS) is 14.0. The summed E-state index contributed by atoms with van der Waals surface area (Å²) in [5.41, 5.74) is 0. The van der Waals surface area contributed by atoms with Crippen molar-refractivity contribution in [3.63, 3.8) is 0 Å². The van der Waals surface area contributed by atoms with Crippen LogP contribution in [0.2, 0.25) is 10.0 Å². The minimum absolute atomic E-state index is 0.160. The highest BCUT2D eigenvalue weighted by atomic mass is 35.5. The molecule has 0 aliphatic carbocycles. The van der Waals surface area contributed by atoms with Gasteiger partial charge in [-0.15, -0.1) is 0 Å². The fourth-order valence-corrected chi connectivity index (χ4v) is 3.02. The fourth-order valence-electron chi connectivity index (χ4n) is 1.70. The standard InChI is InChI=1S/C15H23Cl2NO2S/c1-3-21-8-7-11(2)18-9-12(19)10-20-15-13(16)5-4-6-14(15)17/h4-6,11-12,18-19H,3,7-10H2,1-2H3. The van der Waals surface area contributed by atoms with Crippen LogP contribution in [0.1, 0.15) is 20.3 Å². The highest BCUT2D eigenvalue weighted by molar-refractivity contribution is 7.99. The number of para-hydroxylation sites is 1. The van der Waals surface area contributed by atoms with Gasteiger partial charge in [-0.3, -0.25) is 0 Å². The molecular weight excluding hydrogens is 329 g/mol. The molecule has 21 heavy (non-hydrogen) atoms. The Bertz CT molecular complexity index is 400. The SMILES string of the molecule is CCSCCC(C)NCC(O)COc1c(Cl)cccc1Cl. The second kappa shape index (κ2) is 10.6. The lowest BCUT2D eigenvalue weighted by Crippen LogP contribution is -2.36. The topological polar surface area (TPSA) is 41.5 Å². The summed E-state index contributed by atoms with van der Waals surface area (Å²) in [7, 11) is 0. The molecule has 2 unspecified atom stereocenters. The maximum Gasteiger partial charge on any atom is 0.156 e. The number of hydrogen-bond donors (Lipinski definition) is 2. The van der Waals surface area contributed by atoms with Gasteiger partial charge in [0.2, 0.25) is 0 Å². The van der Waals surface area contributed by atoms with E-state index in [0.29, 0.717) is 28.4 Å². The predicted molar refractivity (Wildman–Crippen MR) is 93.0 cm³/mol. The maximum atomic E-state index is 9.93. The summed E-state index contributed by atoms with van der Waals surface area (Å²) in [6.45, 7) is 4.92. The Kier molecular flexibility index (Phi) is 9.52. The van der Waals surface area contributed by atoms with E-state index in [9.17, 15) is 5.11 Å². The van der Waals surface area contributed by atoms with E-state index in [1.165, 1.54) is 0 Å². The number of aliphatic hydroxyl groups is 1. The first-order valence-electron chi connectivity index (χ1n) is 7.10. The highest BCUT2D eigenvalue weighted by Gasteiger charge is 2.11. The van der Waals surface area contributed by atoms with Crippen molar-refractivity contribution in [3.8, 4) is 5.75 Å². The number of halogens is 2. The van der Waals surface area contributed by atoms with Crippen LogP contribution < -0.4 is 10.1 Å². The Morgan fingerprint density at radius 3 is 2.62 bits per heavy atom. The smallest absolute Gasteiger partial charge is 0.156 e. The number of thioether (sulfide) groups is 1. The van der Waals surface area contributed by atoms with Gasteiger partial charge >= 0.3 is 0 Å². The second-order valence-electron chi connectivity index (χ2n) is 4.81. The molecule has 0 amide bonds. The Morgan fingerprint density at radius 1 is 1.33 bits per heavy atom. The van der Waals surface area contributed by atoms with Crippen molar-refractivity contribution in [2.75, 3.05) is 24.7 Å². The molecule has 0 heterocycles. The zero-order valence-corrected chi connectivity index (χ0v) is 14.8. The molecule has 1 rings (SSSR count). The average molecular weight is 352 g/mol. The maximum absolute atomic E-state index is 9.93. The molecule has 0 aliphatic rings. The van der Waals surface area contributed by atoms with E-state index in [1.54, 1.807) is 18.2 Å². The zero-order valence-electron chi connectivity index (χ0n) is 12.4. The first kappa shape index (κ1) is 18.9. The fraction of sp³-hybridized carbons (Fsp3) is 0.600. The lowest BCUT2D eigenvalue weighted by molar-refractivity contribution is 0.104. The molecule has 2 atom stereocenters. The Balaban J connectivity index is 2.26. The number of rotatable bonds is 10. The molecule has 0 saturated heterocycles. The minimum Gasteiger partial charge on any atom is -0.488 e. The lowest BCUT2D eigenvalue weighted by Gasteiger charge is -2.18. The quantitative estimate of drug-likeness (QED) is 0.628. The third kappa shape index (κ3) is 7.61. The summed E-state index contributed by atoms with van der Waals surface area (Å²) in [5.74, 6) is 2.70. The number of benzene rings is 1. The van der Waals surface area contributed by atoms with E-state index in [-0.39, 0.29) is 6.61 Å². The first-order chi connectivity index (χ1) is 10.0. The van der Waals surface area contributed by atoms with E-state index < -0.39 is 6.10 Å². The van der Waals surface area contributed by atoms with E-state index in [1.807, 2.05) is 11.8 Å². The van der Waals surface area contributed by atoms with Crippen LogP contribution in [0.25, 0.3) is 0 Å². The van der Waals surface area contributed by atoms with E-state index in [2.05, 4.69) is 19.2 Å². The van der Waals surface area contributed by atoms with Gasteiger partial charge in [0.25, 0.3) is 0 Å².